The van der Waals surface area contributed by atoms with Crippen LogP contribution in [0.2, 0.25) is 0 Å². The summed E-state index contributed by atoms with van der Waals surface area (Å²) >= 11 is 1.41. The van der Waals surface area contributed by atoms with Crippen LogP contribution in [0.1, 0.15) is 52.1 Å². The fourth-order valence-corrected chi connectivity index (χ4v) is 6.16. The van der Waals surface area contributed by atoms with E-state index in [0.717, 1.165) is 16.1 Å². The molecule has 3 amide bonds. The average molecular weight is 686 g/mol. The molecule has 5 aromatic carbocycles. The summed E-state index contributed by atoms with van der Waals surface area (Å²) < 4.78 is 11.0. The van der Waals surface area contributed by atoms with Crippen LogP contribution in [0.5, 0.6) is 11.5 Å². The molecule has 0 aliphatic carbocycles. The number of methoxy groups -OCH3 is 2. The summed E-state index contributed by atoms with van der Waals surface area (Å²) in [6.45, 7) is 4.26. The predicted molar refractivity (Wildman–Crippen MR) is 201 cm³/mol. The number of nitrogens with one attached hydrogen (secondary N) is 3. The first-order chi connectivity index (χ1) is 24.2. The van der Waals surface area contributed by atoms with Crippen molar-refractivity contribution in [2.45, 2.75) is 29.9 Å². The van der Waals surface area contributed by atoms with Crippen LogP contribution >= 0.6 is 11.8 Å². The van der Waals surface area contributed by atoms with E-state index in [9.17, 15) is 14.4 Å². The van der Waals surface area contributed by atoms with Crippen LogP contribution in [-0.4, -0.2) is 31.9 Å². The lowest BCUT2D eigenvalue weighted by molar-refractivity contribution is -0.116. The molecule has 1 atom stereocenters. The van der Waals surface area contributed by atoms with Gasteiger partial charge in [0.2, 0.25) is 5.91 Å². The van der Waals surface area contributed by atoms with E-state index in [0.29, 0.717) is 34.2 Å². The second-order valence-corrected chi connectivity index (χ2v) is 12.8. The first kappa shape index (κ1) is 35.5. The second-order valence-electron chi connectivity index (χ2n) is 11.6. The molecule has 0 fully saturated rings. The van der Waals surface area contributed by atoms with Crippen LogP contribution in [0.15, 0.2) is 138 Å². The molecule has 9 heteroatoms. The molecule has 1 unspecified atom stereocenters. The Morgan fingerprint density at radius 1 is 0.660 bits per heavy atom. The highest BCUT2D eigenvalue weighted by Crippen LogP contribution is 2.37. The summed E-state index contributed by atoms with van der Waals surface area (Å²) in [5.41, 5.74) is 4.24. The Kier molecular flexibility index (Phi) is 12.1. The van der Waals surface area contributed by atoms with E-state index in [1.807, 2.05) is 72.8 Å². The lowest BCUT2D eigenvalue weighted by atomic mass is 10.0. The maximum Gasteiger partial charge on any atom is 0.272 e. The monoisotopic (exact) mass is 685 g/mol. The maximum absolute atomic E-state index is 13.7. The van der Waals surface area contributed by atoms with E-state index >= 15 is 0 Å². The Hall–Kier alpha value is -5.80. The predicted octanol–water partition coefficient (Wildman–Crippen LogP) is 8.71. The zero-order chi connectivity index (χ0) is 35.5. The van der Waals surface area contributed by atoms with Crippen molar-refractivity contribution >= 4 is 46.9 Å². The number of hydrogen-bond donors (Lipinski definition) is 3. The highest BCUT2D eigenvalue weighted by atomic mass is 32.2. The van der Waals surface area contributed by atoms with Crippen LogP contribution in [0.4, 0.5) is 11.4 Å². The molecule has 50 heavy (non-hydrogen) atoms. The molecule has 0 spiro atoms. The van der Waals surface area contributed by atoms with Gasteiger partial charge < -0.3 is 25.4 Å². The molecule has 0 saturated heterocycles. The van der Waals surface area contributed by atoms with Crippen molar-refractivity contribution in [3.8, 4) is 11.5 Å². The molecule has 0 saturated carbocycles. The van der Waals surface area contributed by atoms with E-state index in [1.54, 1.807) is 60.7 Å². The number of rotatable bonds is 13. The summed E-state index contributed by atoms with van der Waals surface area (Å²) in [5, 5.41) is 8.17. The van der Waals surface area contributed by atoms with Gasteiger partial charge in [-0.3, -0.25) is 14.4 Å². The molecule has 8 nitrogen and oxygen atoms in total. The molecule has 254 valence electrons. The van der Waals surface area contributed by atoms with Gasteiger partial charge in [-0.25, -0.2) is 0 Å². The van der Waals surface area contributed by atoms with Gasteiger partial charge in [0.05, 0.1) is 14.2 Å². The number of hydrogen-bond acceptors (Lipinski definition) is 6. The summed E-state index contributed by atoms with van der Waals surface area (Å²) in [4.78, 5) is 41.2. The third-order valence-electron chi connectivity index (χ3n) is 7.81. The van der Waals surface area contributed by atoms with Crippen LogP contribution in [0.25, 0.3) is 6.08 Å². The summed E-state index contributed by atoms with van der Waals surface area (Å²) in [6, 6.07) is 38.6. The van der Waals surface area contributed by atoms with E-state index in [-0.39, 0.29) is 11.6 Å². The van der Waals surface area contributed by atoms with Gasteiger partial charge in [0.15, 0.2) is 11.5 Å². The van der Waals surface area contributed by atoms with Crippen LogP contribution in [0.3, 0.4) is 0 Å². The van der Waals surface area contributed by atoms with E-state index < -0.39 is 17.1 Å². The molecule has 3 N–H and O–H groups in total. The van der Waals surface area contributed by atoms with E-state index in [1.165, 1.54) is 31.5 Å². The standard InChI is InChI=1S/C41H39N3O5S/c1-27(2)28-18-20-32(21-19-28)43-41(47)38(29-12-7-5-8-13-29)50-34-24-22-33(23-25-34)42-40(46)35(44-39(45)30-14-9-6-10-15-30)26-31-16-11-17-36(48-3)37(31)49-4/h5-27,38H,1-4H3,(H,42,46)(H,43,47)(H,44,45)/b35-26-. The Morgan fingerprint density at radius 3 is 1.90 bits per heavy atom. The average Bonchev–Trinajstić information content (AvgIpc) is 3.14. The minimum Gasteiger partial charge on any atom is -0.493 e. The van der Waals surface area contributed by atoms with E-state index in [4.69, 9.17) is 9.47 Å². The maximum atomic E-state index is 13.7. The number of thioether (sulfide) groups is 1. The number of anilines is 2. The van der Waals surface area contributed by atoms with Gasteiger partial charge >= 0.3 is 0 Å². The molecule has 0 bridgehead atoms. The number of para-hydroxylation sites is 1. The zero-order valence-corrected chi connectivity index (χ0v) is 29.1. The first-order valence-electron chi connectivity index (χ1n) is 16.1. The van der Waals surface area contributed by atoms with Crippen LogP contribution < -0.4 is 25.4 Å². The minimum atomic E-state index is -0.537. The van der Waals surface area contributed by atoms with Crippen molar-refractivity contribution in [2.24, 2.45) is 0 Å². The highest BCUT2D eigenvalue weighted by Gasteiger charge is 2.23. The summed E-state index contributed by atoms with van der Waals surface area (Å²) in [7, 11) is 3.03. The largest absolute Gasteiger partial charge is 0.493 e. The van der Waals surface area contributed by atoms with E-state index in [2.05, 4.69) is 29.8 Å². The molecule has 5 rings (SSSR count). The van der Waals surface area contributed by atoms with Crippen molar-refractivity contribution in [1.82, 2.24) is 5.32 Å². The van der Waals surface area contributed by atoms with Gasteiger partial charge in [-0.15, -0.1) is 11.8 Å². The van der Waals surface area contributed by atoms with Gasteiger partial charge in [0.25, 0.3) is 11.8 Å². The topological polar surface area (TPSA) is 106 Å². The molecular weight excluding hydrogens is 647 g/mol. The first-order valence-corrected chi connectivity index (χ1v) is 17.0. The SMILES string of the molecule is COc1cccc(/C=C(\NC(=O)c2ccccc2)C(=O)Nc2ccc(SC(C(=O)Nc3ccc(C(C)C)cc3)c3ccccc3)cc2)c1OC. The normalized spacial score (nSPS) is 11.7. The van der Waals surface area contributed by atoms with Gasteiger partial charge in [0.1, 0.15) is 10.9 Å². The fourth-order valence-electron chi connectivity index (χ4n) is 5.13. The molecule has 5 aromatic rings. The van der Waals surface area contributed by atoms with Crippen molar-refractivity contribution < 1.29 is 23.9 Å². The fraction of sp³-hybridized carbons (Fsp3) is 0.146. The molecule has 0 aromatic heterocycles. The quantitative estimate of drug-likeness (QED) is 0.0846. The lowest BCUT2D eigenvalue weighted by Crippen LogP contribution is -2.30. The highest BCUT2D eigenvalue weighted by molar-refractivity contribution is 8.00. The van der Waals surface area contributed by atoms with Crippen molar-refractivity contribution in [3.05, 3.63) is 155 Å². The Balaban J connectivity index is 1.35. The molecular formula is C41H39N3O5S. The Bertz CT molecular complexity index is 1940. The smallest absolute Gasteiger partial charge is 0.272 e. The van der Waals surface area contributed by atoms with Crippen molar-refractivity contribution in [2.75, 3.05) is 24.9 Å². The second kappa shape index (κ2) is 17.0. The molecule has 0 radical (unpaired) electrons. The number of amides is 3. The third kappa shape index (κ3) is 9.21. The van der Waals surface area contributed by atoms with Crippen LogP contribution in [0, 0.1) is 0 Å². The Morgan fingerprint density at radius 2 is 1.28 bits per heavy atom. The van der Waals surface area contributed by atoms with Gasteiger partial charge in [0, 0.05) is 27.4 Å². The van der Waals surface area contributed by atoms with Gasteiger partial charge in [-0.1, -0.05) is 86.6 Å². The zero-order valence-electron chi connectivity index (χ0n) is 28.3. The van der Waals surface area contributed by atoms with Gasteiger partial charge in [-0.2, -0.15) is 0 Å². The number of carbonyl (C=O) groups excluding carboxylic acids is 3. The molecule has 0 heterocycles. The third-order valence-corrected chi connectivity index (χ3v) is 9.08. The number of benzene rings is 5. The Labute approximate surface area is 296 Å². The van der Waals surface area contributed by atoms with Gasteiger partial charge in [-0.05, 0) is 77.7 Å². The number of ether oxygens (including phenoxy) is 2. The summed E-state index contributed by atoms with van der Waals surface area (Å²) in [6.07, 6.45) is 1.54. The minimum absolute atomic E-state index is 0.00565. The number of carbonyl (C=O) groups is 3. The van der Waals surface area contributed by atoms with Crippen LogP contribution in [-0.2, 0) is 9.59 Å². The molecule has 0 aliphatic heterocycles. The summed E-state index contributed by atoms with van der Waals surface area (Å²) in [5.74, 6) is 0.168. The molecule has 0 aliphatic rings. The lowest BCUT2D eigenvalue weighted by Gasteiger charge is -2.18. The van der Waals surface area contributed by atoms with Crippen molar-refractivity contribution in [3.63, 3.8) is 0 Å². The van der Waals surface area contributed by atoms with Crippen molar-refractivity contribution in [1.29, 1.82) is 0 Å².